The van der Waals surface area contributed by atoms with E-state index in [1.807, 2.05) is 6.07 Å². The third-order valence-corrected chi connectivity index (χ3v) is 4.95. The summed E-state index contributed by atoms with van der Waals surface area (Å²) >= 11 is 0. The molecule has 0 radical (unpaired) electrons. The summed E-state index contributed by atoms with van der Waals surface area (Å²) in [6, 6.07) is 5.73. The number of nitrogens with one attached hydrogen (secondary N) is 1. The van der Waals surface area contributed by atoms with Gasteiger partial charge < -0.3 is 20.2 Å². The van der Waals surface area contributed by atoms with Gasteiger partial charge in [0.25, 0.3) is 0 Å². The molecule has 0 saturated carbocycles. The molecule has 1 fully saturated rings. The molecule has 1 aromatic rings. The molecule has 130 valence electrons. The van der Waals surface area contributed by atoms with Crippen molar-refractivity contribution in [2.24, 2.45) is 0 Å². The zero-order chi connectivity index (χ0) is 17.3. The zero-order valence-corrected chi connectivity index (χ0v) is 14.3. The van der Waals surface area contributed by atoms with Gasteiger partial charge in [-0.1, -0.05) is 12.1 Å². The number of β-amino-alcohol motifs (C(OH)–C–C–N with tert-alkyl or cyclic N) is 1. The Morgan fingerprint density at radius 1 is 1.38 bits per heavy atom. The van der Waals surface area contributed by atoms with Gasteiger partial charge in [0.2, 0.25) is 11.8 Å². The van der Waals surface area contributed by atoms with Gasteiger partial charge in [-0.25, -0.2) is 0 Å². The first-order chi connectivity index (χ1) is 11.5. The highest BCUT2D eigenvalue weighted by atomic mass is 16.3. The Kier molecular flexibility index (Phi) is 4.76. The highest BCUT2D eigenvalue weighted by Gasteiger charge is 2.37. The summed E-state index contributed by atoms with van der Waals surface area (Å²) in [5.74, 6) is -0.375. The van der Waals surface area contributed by atoms with Gasteiger partial charge in [0, 0.05) is 45.7 Å². The summed E-state index contributed by atoms with van der Waals surface area (Å²) in [4.78, 5) is 27.7. The number of hydrogen-bond acceptors (Lipinski definition) is 4. The number of anilines is 1. The second-order valence-corrected chi connectivity index (χ2v) is 6.78. The number of fused-ring (bicyclic) bond motifs is 1. The van der Waals surface area contributed by atoms with Crippen LogP contribution in [-0.2, 0) is 22.6 Å². The molecule has 0 unspecified atom stereocenters. The van der Waals surface area contributed by atoms with E-state index < -0.39 is 12.1 Å². The van der Waals surface area contributed by atoms with E-state index in [0.29, 0.717) is 13.0 Å². The van der Waals surface area contributed by atoms with Crippen LogP contribution in [0.1, 0.15) is 30.9 Å². The average Bonchev–Trinajstić information content (AvgIpc) is 2.95. The fourth-order valence-electron chi connectivity index (χ4n) is 3.67. The maximum absolute atomic E-state index is 12.4. The topological polar surface area (TPSA) is 72.9 Å². The molecule has 3 rings (SSSR count). The first-order valence-electron chi connectivity index (χ1n) is 8.51. The molecule has 2 atom stereocenters. The molecule has 2 heterocycles. The third kappa shape index (κ3) is 3.38. The molecule has 1 aromatic carbocycles. The van der Waals surface area contributed by atoms with Gasteiger partial charge in [-0.3, -0.25) is 9.59 Å². The summed E-state index contributed by atoms with van der Waals surface area (Å²) in [5.41, 5.74) is 3.64. The zero-order valence-electron chi connectivity index (χ0n) is 14.3. The number of amides is 2. The number of aliphatic hydroxyl groups is 1. The van der Waals surface area contributed by atoms with Crippen LogP contribution >= 0.6 is 0 Å². The van der Waals surface area contributed by atoms with Crippen molar-refractivity contribution in [2.75, 3.05) is 25.0 Å². The molecule has 0 aromatic heterocycles. The van der Waals surface area contributed by atoms with Crippen LogP contribution in [0.4, 0.5) is 5.69 Å². The van der Waals surface area contributed by atoms with Crippen molar-refractivity contribution in [3.05, 3.63) is 29.3 Å². The minimum absolute atomic E-state index is 0.177. The molecule has 0 spiro atoms. The van der Waals surface area contributed by atoms with Crippen LogP contribution in [0, 0.1) is 0 Å². The molecule has 6 nitrogen and oxygen atoms in total. The minimum Gasteiger partial charge on any atom is -0.391 e. The molecule has 1 saturated heterocycles. The quantitative estimate of drug-likeness (QED) is 0.854. The molecule has 2 N–H and O–H groups in total. The fourth-order valence-corrected chi connectivity index (χ4v) is 3.67. The highest BCUT2D eigenvalue weighted by molar-refractivity contribution is 5.87. The van der Waals surface area contributed by atoms with Gasteiger partial charge >= 0.3 is 0 Å². The van der Waals surface area contributed by atoms with Gasteiger partial charge in [0.1, 0.15) is 6.04 Å². The normalized spacial score (nSPS) is 23.1. The van der Waals surface area contributed by atoms with E-state index in [2.05, 4.69) is 29.4 Å². The van der Waals surface area contributed by atoms with Gasteiger partial charge in [0.05, 0.1) is 6.10 Å². The Bertz CT molecular complexity index is 646. The maximum Gasteiger partial charge on any atom is 0.243 e. The SMILES string of the molecule is CC(=O)N1C[C@H](O)C[C@@H]1C(=O)NCc1ccc2c(c1)CCCN2C. The largest absolute Gasteiger partial charge is 0.391 e. The summed E-state index contributed by atoms with van der Waals surface area (Å²) in [5, 5.41) is 12.6. The summed E-state index contributed by atoms with van der Waals surface area (Å²) in [7, 11) is 2.10. The van der Waals surface area contributed by atoms with Crippen molar-refractivity contribution in [1.29, 1.82) is 0 Å². The van der Waals surface area contributed by atoms with Crippen LogP contribution in [0.5, 0.6) is 0 Å². The molecule has 2 amide bonds. The first-order valence-corrected chi connectivity index (χ1v) is 8.51. The van der Waals surface area contributed by atoms with Gasteiger partial charge in [-0.2, -0.15) is 0 Å². The van der Waals surface area contributed by atoms with Crippen molar-refractivity contribution in [3.63, 3.8) is 0 Å². The molecule has 6 heteroatoms. The van der Waals surface area contributed by atoms with Crippen molar-refractivity contribution in [1.82, 2.24) is 10.2 Å². The lowest BCUT2D eigenvalue weighted by molar-refractivity contribution is -0.137. The van der Waals surface area contributed by atoms with Gasteiger partial charge in [-0.15, -0.1) is 0 Å². The van der Waals surface area contributed by atoms with Crippen LogP contribution in [0.2, 0.25) is 0 Å². The molecule has 2 aliphatic heterocycles. The van der Waals surface area contributed by atoms with Crippen LogP contribution in [0.25, 0.3) is 0 Å². The maximum atomic E-state index is 12.4. The lowest BCUT2D eigenvalue weighted by atomic mass is 9.99. The number of benzene rings is 1. The van der Waals surface area contributed by atoms with E-state index in [0.717, 1.165) is 24.9 Å². The molecular weight excluding hydrogens is 306 g/mol. The smallest absolute Gasteiger partial charge is 0.243 e. The van der Waals surface area contributed by atoms with Crippen molar-refractivity contribution in [3.8, 4) is 0 Å². The molecule has 0 bridgehead atoms. The van der Waals surface area contributed by atoms with Crippen LogP contribution in [-0.4, -0.2) is 54.1 Å². The summed E-state index contributed by atoms with van der Waals surface area (Å²) in [6.07, 6.45) is 1.89. The van der Waals surface area contributed by atoms with Crippen molar-refractivity contribution < 1.29 is 14.7 Å². The predicted octanol–water partition coefficient (Wildman–Crippen LogP) is 0.667. The van der Waals surface area contributed by atoms with Crippen LogP contribution in [0.15, 0.2) is 18.2 Å². The fraction of sp³-hybridized carbons (Fsp3) is 0.556. The number of carbonyl (C=O) groups excluding carboxylic acids is 2. The lowest BCUT2D eigenvalue weighted by Crippen LogP contribution is -2.44. The Morgan fingerprint density at radius 2 is 2.17 bits per heavy atom. The number of nitrogens with zero attached hydrogens (tertiary/aromatic N) is 2. The number of aliphatic hydroxyl groups excluding tert-OH is 1. The number of hydrogen-bond donors (Lipinski definition) is 2. The van der Waals surface area contributed by atoms with Crippen LogP contribution < -0.4 is 10.2 Å². The lowest BCUT2D eigenvalue weighted by Gasteiger charge is -2.28. The average molecular weight is 331 g/mol. The van der Waals surface area contributed by atoms with Crippen LogP contribution in [0.3, 0.4) is 0 Å². The monoisotopic (exact) mass is 331 g/mol. The van der Waals surface area contributed by atoms with Gasteiger partial charge in [0.15, 0.2) is 0 Å². The number of rotatable bonds is 3. The number of likely N-dealkylation sites (tertiary alicyclic amines) is 1. The Morgan fingerprint density at radius 3 is 2.92 bits per heavy atom. The minimum atomic E-state index is -0.621. The standard InChI is InChI=1S/C18H25N3O3/c1-12(22)21-11-15(23)9-17(21)18(24)19-10-13-5-6-16-14(8-13)4-3-7-20(16)2/h5-6,8,15,17,23H,3-4,7,9-11H2,1-2H3,(H,19,24)/t15-,17-/m1/s1. The van der Waals surface area contributed by atoms with E-state index in [-0.39, 0.29) is 18.4 Å². The van der Waals surface area contributed by atoms with E-state index in [9.17, 15) is 14.7 Å². The number of aryl methyl sites for hydroxylation is 1. The Balaban J connectivity index is 1.63. The second kappa shape index (κ2) is 6.81. The number of carbonyl (C=O) groups is 2. The van der Waals surface area contributed by atoms with E-state index in [4.69, 9.17) is 0 Å². The Hall–Kier alpha value is -2.08. The molecule has 0 aliphatic carbocycles. The first kappa shape index (κ1) is 16.8. The third-order valence-electron chi connectivity index (χ3n) is 4.95. The molecular formula is C18H25N3O3. The Labute approximate surface area is 142 Å². The van der Waals surface area contributed by atoms with E-state index in [1.165, 1.54) is 23.1 Å². The van der Waals surface area contributed by atoms with E-state index in [1.54, 1.807) is 0 Å². The second-order valence-electron chi connectivity index (χ2n) is 6.78. The summed E-state index contributed by atoms with van der Waals surface area (Å²) in [6.45, 7) is 3.18. The van der Waals surface area contributed by atoms with E-state index >= 15 is 0 Å². The highest BCUT2D eigenvalue weighted by Crippen LogP contribution is 2.26. The van der Waals surface area contributed by atoms with Crippen molar-refractivity contribution >= 4 is 17.5 Å². The summed E-state index contributed by atoms with van der Waals surface area (Å²) < 4.78 is 0. The van der Waals surface area contributed by atoms with Gasteiger partial charge in [-0.05, 0) is 30.0 Å². The molecule has 24 heavy (non-hydrogen) atoms. The predicted molar refractivity (Wildman–Crippen MR) is 91.7 cm³/mol. The van der Waals surface area contributed by atoms with Crippen molar-refractivity contribution in [2.45, 2.75) is 44.9 Å². The molecule has 2 aliphatic rings.